The Hall–Kier alpha value is -1.10. The molecule has 0 rings (SSSR count). The van der Waals surface area contributed by atoms with Crippen LogP contribution in [0, 0.1) is 0 Å². The molecule has 17 heavy (non-hydrogen) atoms. The largest absolute Gasteiger partial charge is 0.380 e. The van der Waals surface area contributed by atoms with Crippen LogP contribution in [0.1, 0.15) is 41.5 Å². The van der Waals surface area contributed by atoms with Crippen molar-refractivity contribution >= 4 is 11.8 Å². The highest BCUT2D eigenvalue weighted by atomic mass is 16.5. The summed E-state index contributed by atoms with van der Waals surface area (Å²) in [5.41, 5.74) is 0. The number of carbonyl (C=O) groups is 2. The van der Waals surface area contributed by atoms with Crippen molar-refractivity contribution in [2.45, 2.75) is 40.0 Å². The first-order valence-electron chi connectivity index (χ1n) is 6.25. The molecule has 0 aromatic rings. The Kier molecular flexibility index (Phi) is 16.0. The van der Waals surface area contributed by atoms with Crippen LogP contribution in [-0.4, -0.2) is 38.6 Å². The number of hydrogen-bond donors (Lipinski definition) is 2. The zero-order valence-electron chi connectivity index (χ0n) is 11.5. The van der Waals surface area contributed by atoms with Crippen LogP contribution in [0.15, 0.2) is 0 Å². The lowest BCUT2D eigenvalue weighted by Crippen LogP contribution is -2.28. The normalized spacial score (nSPS) is 8.94. The van der Waals surface area contributed by atoms with Gasteiger partial charge in [-0.15, -0.1) is 0 Å². The predicted octanol–water partition coefficient (Wildman–Crippen LogP) is 1.33. The SMILES string of the molecule is CC.CCCOCCNC(=O)CCC(=O)NC.[HH]. The van der Waals surface area contributed by atoms with Crippen molar-refractivity contribution in [3.8, 4) is 0 Å². The summed E-state index contributed by atoms with van der Waals surface area (Å²) < 4.78 is 5.19. The van der Waals surface area contributed by atoms with Gasteiger partial charge in [0.15, 0.2) is 0 Å². The monoisotopic (exact) mass is 248 g/mol. The van der Waals surface area contributed by atoms with E-state index in [0.717, 1.165) is 6.42 Å². The van der Waals surface area contributed by atoms with Gasteiger partial charge >= 0.3 is 0 Å². The van der Waals surface area contributed by atoms with Gasteiger partial charge in [-0.2, -0.15) is 0 Å². The average molecular weight is 248 g/mol. The van der Waals surface area contributed by atoms with E-state index in [4.69, 9.17) is 4.74 Å². The first kappa shape index (κ1) is 18.3. The summed E-state index contributed by atoms with van der Waals surface area (Å²) in [5.74, 6) is -0.230. The Balaban J connectivity index is -0.000000709. The Morgan fingerprint density at radius 2 is 1.71 bits per heavy atom. The van der Waals surface area contributed by atoms with Gasteiger partial charge in [0.2, 0.25) is 11.8 Å². The topological polar surface area (TPSA) is 67.4 Å². The van der Waals surface area contributed by atoms with Crippen LogP contribution in [0.5, 0.6) is 0 Å². The fourth-order valence-corrected chi connectivity index (χ4v) is 0.949. The van der Waals surface area contributed by atoms with E-state index in [-0.39, 0.29) is 26.1 Å². The zero-order chi connectivity index (χ0) is 13.5. The highest BCUT2D eigenvalue weighted by Crippen LogP contribution is 1.88. The van der Waals surface area contributed by atoms with Crippen molar-refractivity contribution < 1.29 is 15.8 Å². The molecule has 0 saturated heterocycles. The Morgan fingerprint density at radius 1 is 1.12 bits per heavy atom. The van der Waals surface area contributed by atoms with Crippen molar-refractivity contribution in [2.75, 3.05) is 26.8 Å². The molecule has 0 spiro atoms. The first-order valence-corrected chi connectivity index (χ1v) is 6.25. The third-order valence-electron chi connectivity index (χ3n) is 1.77. The van der Waals surface area contributed by atoms with Crippen molar-refractivity contribution in [1.29, 1.82) is 0 Å². The van der Waals surface area contributed by atoms with Crippen molar-refractivity contribution in [3.05, 3.63) is 0 Å². The molecule has 0 aromatic heterocycles. The highest BCUT2D eigenvalue weighted by Gasteiger charge is 2.04. The van der Waals surface area contributed by atoms with Crippen LogP contribution >= 0.6 is 0 Å². The van der Waals surface area contributed by atoms with E-state index in [9.17, 15) is 9.59 Å². The van der Waals surface area contributed by atoms with Crippen molar-refractivity contribution in [3.63, 3.8) is 0 Å². The van der Waals surface area contributed by atoms with Gasteiger partial charge in [0.25, 0.3) is 0 Å². The molecule has 0 fully saturated rings. The van der Waals surface area contributed by atoms with Crippen LogP contribution in [0.3, 0.4) is 0 Å². The van der Waals surface area contributed by atoms with Crippen LogP contribution < -0.4 is 10.6 Å². The Bertz CT molecular complexity index is 202. The summed E-state index contributed by atoms with van der Waals surface area (Å²) in [4.78, 5) is 22.0. The third kappa shape index (κ3) is 14.9. The molecule has 0 aromatic carbocycles. The Morgan fingerprint density at radius 3 is 2.24 bits per heavy atom. The minimum Gasteiger partial charge on any atom is -0.380 e. The second kappa shape index (κ2) is 14.9. The lowest BCUT2D eigenvalue weighted by atomic mass is 10.3. The maximum atomic E-state index is 11.1. The van der Waals surface area contributed by atoms with Crippen LogP contribution in [0.4, 0.5) is 0 Å². The lowest BCUT2D eigenvalue weighted by Gasteiger charge is -2.05. The molecule has 0 bridgehead atoms. The fraction of sp³-hybridized carbons (Fsp3) is 0.833. The van der Waals surface area contributed by atoms with Gasteiger partial charge in [-0.05, 0) is 6.42 Å². The summed E-state index contributed by atoms with van der Waals surface area (Å²) in [7, 11) is 1.55. The molecular formula is C12H28N2O3. The average Bonchev–Trinajstić information content (AvgIpc) is 2.38. The molecule has 5 heteroatoms. The van der Waals surface area contributed by atoms with Gasteiger partial charge < -0.3 is 15.4 Å². The quantitative estimate of drug-likeness (QED) is 0.637. The minimum absolute atomic E-state index is 0. The maximum absolute atomic E-state index is 11.1. The molecule has 2 amide bonds. The number of ether oxygens (including phenoxy) is 1. The maximum Gasteiger partial charge on any atom is 0.220 e. The summed E-state index contributed by atoms with van der Waals surface area (Å²) in [6, 6.07) is 0. The molecule has 0 radical (unpaired) electrons. The van der Waals surface area contributed by atoms with Crippen LogP contribution in [-0.2, 0) is 14.3 Å². The second-order valence-corrected chi connectivity index (χ2v) is 3.14. The number of carbonyl (C=O) groups excluding carboxylic acids is 2. The van der Waals surface area contributed by atoms with E-state index < -0.39 is 0 Å². The molecule has 0 aliphatic rings. The molecule has 0 aliphatic heterocycles. The van der Waals surface area contributed by atoms with Gasteiger partial charge in [-0.3, -0.25) is 9.59 Å². The Labute approximate surface area is 106 Å². The zero-order valence-corrected chi connectivity index (χ0v) is 11.5. The van der Waals surface area contributed by atoms with E-state index in [0.29, 0.717) is 19.8 Å². The molecule has 0 heterocycles. The van der Waals surface area contributed by atoms with E-state index in [1.165, 1.54) is 0 Å². The molecule has 0 unspecified atom stereocenters. The fourth-order valence-electron chi connectivity index (χ4n) is 0.949. The van der Waals surface area contributed by atoms with Gasteiger partial charge in [0.1, 0.15) is 0 Å². The van der Waals surface area contributed by atoms with E-state index in [1.54, 1.807) is 7.05 Å². The molecule has 0 saturated carbocycles. The van der Waals surface area contributed by atoms with Gasteiger partial charge in [0.05, 0.1) is 6.61 Å². The summed E-state index contributed by atoms with van der Waals surface area (Å²) in [5, 5.41) is 5.14. The number of rotatable bonds is 8. The number of nitrogens with one attached hydrogen (secondary N) is 2. The smallest absolute Gasteiger partial charge is 0.220 e. The first-order chi connectivity index (χ1) is 8.20. The molecular weight excluding hydrogens is 220 g/mol. The van der Waals surface area contributed by atoms with E-state index in [1.807, 2.05) is 20.8 Å². The molecule has 0 atom stereocenters. The summed E-state index contributed by atoms with van der Waals surface area (Å²) in [6.07, 6.45) is 1.44. The minimum atomic E-state index is -0.118. The third-order valence-corrected chi connectivity index (χ3v) is 1.77. The van der Waals surface area contributed by atoms with Gasteiger partial charge in [-0.25, -0.2) is 0 Å². The molecule has 0 aliphatic carbocycles. The number of amides is 2. The predicted molar refractivity (Wildman–Crippen MR) is 70.9 cm³/mol. The van der Waals surface area contributed by atoms with Gasteiger partial charge in [-0.1, -0.05) is 20.8 Å². The summed E-state index contributed by atoms with van der Waals surface area (Å²) >= 11 is 0. The van der Waals surface area contributed by atoms with Crippen LogP contribution in [0.25, 0.3) is 0 Å². The molecule has 5 nitrogen and oxygen atoms in total. The van der Waals surface area contributed by atoms with Gasteiger partial charge in [0, 0.05) is 34.5 Å². The summed E-state index contributed by atoms with van der Waals surface area (Å²) in [6.45, 7) is 7.78. The van der Waals surface area contributed by atoms with Crippen LogP contribution in [0.2, 0.25) is 0 Å². The molecule has 104 valence electrons. The van der Waals surface area contributed by atoms with E-state index >= 15 is 0 Å². The van der Waals surface area contributed by atoms with Crippen molar-refractivity contribution in [2.24, 2.45) is 0 Å². The molecule has 2 N–H and O–H groups in total. The standard InChI is InChI=1S/C10H20N2O3.C2H6.H2/c1-3-7-15-8-6-12-10(14)5-4-9(13)11-2;1-2;/h3-8H2,1-2H3,(H,11,13)(H,12,14);1-2H3;1H. The second-order valence-electron chi connectivity index (χ2n) is 3.14. The number of hydrogen-bond acceptors (Lipinski definition) is 3. The van der Waals surface area contributed by atoms with Crippen molar-refractivity contribution in [1.82, 2.24) is 10.6 Å². The highest BCUT2D eigenvalue weighted by molar-refractivity contribution is 5.83. The lowest BCUT2D eigenvalue weighted by molar-refractivity contribution is -0.126. The van der Waals surface area contributed by atoms with E-state index in [2.05, 4.69) is 10.6 Å².